The highest BCUT2D eigenvalue weighted by Crippen LogP contribution is 2.36. The van der Waals surface area contributed by atoms with Gasteiger partial charge in [-0.1, -0.05) is 24.9 Å². The second-order valence-electron chi connectivity index (χ2n) is 5.94. The van der Waals surface area contributed by atoms with Crippen molar-refractivity contribution in [2.45, 2.75) is 51.4 Å². The van der Waals surface area contributed by atoms with Gasteiger partial charge in [0.1, 0.15) is 5.82 Å². The molecule has 0 spiro atoms. The molecule has 2 aromatic heterocycles. The van der Waals surface area contributed by atoms with Crippen LogP contribution in [0.2, 0.25) is 0 Å². The van der Waals surface area contributed by atoms with E-state index >= 15 is 0 Å². The first kappa shape index (κ1) is 14.0. The second kappa shape index (κ2) is 6.24. The van der Waals surface area contributed by atoms with Gasteiger partial charge in [-0.15, -0.1) is 0 Å². The normalized spacial score (nSPS) is 22.3. The van der Waals surface area contributed by atoms with Crippen molar-refractivity contribution >= 4 is 5.82 Å². The number of anilines is 1. The molecule has 2 heterocycles. The fraction of sp³-hybridized carbons (Fsp3) is 0.562. The second-order valence-corrected chi connectivity index (χ2v) is 5.94. The van der Waals surface area contributed by atoms with Crippen LogP contribution in [0.3, 0.4) is 0 Å². The molecule has 0 atom stereocenters. The Kier molecular flexibility index (Phi) is 4.18. The summed E-state index contributed by atoms with van der Waals surface area (Å²) in [6.07, 6.45) is 9.21. The zero-order valence-corrected chi connectivity index (χ0v) is 12.5. The van der Waals surface area contributed by atoms with E-state index in [0.29, 0.717) is 17.6 Å². The highest BCUT2D eigenvalue weighted by atomic mass is 16.5. The Balaban J connectivity index is 1.67. The first-order valence-electron chi connectivity index (χ1n) is 7.81. The minimum absolute atomic E-state index is 0.442. The van der Waals surface area contributed by atoms with E-state index in [1.54, 1.807) is 12.3 Å². The number of rotatable bonds is 4. The van der Waals surface area contributed by atoms with Gasteiger partial charge in [-0.25, -0.2) is 4.98 Å². The number of hydrogen-bond acceptors (Lipinski definition) is 5. The van der Waals surface area contributed by atoms with E-state index in [1.807, 2.05) is 6.07 Å². The van der Waals surface area contributed by atoms with Gasteiger partial charge in [-0.3, -0.25) is 0 Å². The molecule has 0 aliphatic heterocycles. The molecule has 5 nitrogen and oxygen atoms in total. The van der Waals surface area contributed by atoms with Crippen LogP contribution in [0.4, 0.5) is 5.82 Å². The highest BCUT2D eigenvalue weighted by Gasteiger charge is 2.25. The lowest BCUT2D eigenvalue weighted by Gasteiger charge is -2.26. The summed E-state index contributed by atoms with van der Waals surface area (Å²) in [5.41, 5.74) is 6.41. The van der Waals surface area contributed by atoms with E-state index in [1.165, 1.54) is 38.5 Å². The zero-order chi connectivity index (χ0) is 14.7. The Morgan fingerprint density at radius 2 is 2.05 bits per heavy atom. The maximum absolute atomic E-state index is 5.59. The van der Waals surface area contributed by atoms with Crippen LogP contribution < -0.4 is 5.73 Å². The largest absolute Gasteiger partial charge is 0.384 e. The van der Waals surface area contributed by atoms with Crippen LogP contribution in [0.5, 0.6) is 0 Å². The molecular formula is C16H22N4O. The third-order valence-electron chi connectivity index (χ3n) is 4.38. The number of nitrogens with zero attached hydrogens (tertiary/aromatic N) is 3. The minimum Gasteiger partial charge on any atom is -0.384 e. The summed E-state index contributed by atoms with van der Waals surface area (Å²) in [6, 6.07) is 3.60. The van der Waals surface area contributed by atoms with E-state index < -0.39 is 0 Å². The molecule has 5 heteroatoms. The Labute approximate surface area is 125 Å². The third kappa shape index (κ3) is 3.23. The van der Waals surface area contributed by atoms with Gasteiger partial charge in [-0.2, -0.15) is 4.98 Å². The Bertz CT molecular complexity index is 570. The topological polar surface area (TPSA) is 77.8 Å². The van der Waals surface area contributed by atoms with Crippen LogP contribution in [0.15, 0.2) is 22.9 Å². The fourth-order valence-electron chi connectivity index (χ4n) is 3.17. The van der Waals surface area contributed by atoms with Gasteiger partial charge in [0.2, 0.25) is 0 Å². The monoisotopic (exact) mass is 286 g/mol. The average molecular weight is 286 g/mol. The lowest BCUT2D eigenvalue weighted by Crippen LogP contribution is -2.14. The molecule has 112 valence electrons. The van der Waals surface area contributed by atoms with Gasteiger partial charge >= 0.3 is 0 Å². The summed E-state index contributed by atoms with van der Waals surface area (Å²) >= 11 is 0. The van der Waals surface area contributed by atoms with E-state index in [0.717, 1.165) is 17.3 Å². The zero-order valence-electron chi connectivity index (χ0n) is 12.5. The number of pyridine rings is 1. The van der Waals surface area contributed by atoms with E-state index in [9.17, 15) is 0 Å². The van der Waals surface area contributed by atoms with Gasteiger partial charge in [0.05, 0.1) is 5.56 Å². The maximum atomic E-state index is 5.59. The van der Waals surface area contributed by atoms with Gasteiger partial charge in [-0.05, 0) is 43.7 Å². The van der Waals surface area contributed by atoms with Crippen molar-refractivity contribution in [2.24, 2.45) is 5.92 Å². The van der Waals surface area contributed by atoms with E-state index in [-0.39, 0.29) is 0 Å². The van der Waals surface area contributed by atoms with E-state index in [4.69, 9.17) is 10.3 Å². The Morgan fingerprint density at radius 1 is 1.24 bits per heavy atom. The van der Waals surface area contributed by atoms with Crippen molar-refractivity contribution in [3.05, 3.63) is 24.2 Å². The number of nitrogens with two attached hydrogens (primary N) is 1. The van der Waals surface area contributed by atoms with Crippen molar-refractivity contribution < 1.29 is 4.52 Å². The highest BCUT2D eigenvalue weighted by molar-refractivity contribution is 5.53. The molecule has 0 bridgehead atoms. The van der Waals surface area contributed by atoms with Gasteiger partial charge in [0.25, 0.3) is 5.89 Å². The van der Waals surface area contributed by atoms with Crippen LogP contribution in [0.25, 0.3) is 11.5 Å². The van der Waals surface area contributed by atoms with Crippen molar-refractivity contribution in [3.63, 3.8) is 0 Å². The summed E-state index contributed by atoms with van der Waals surface area (Å²) in [5, 5.41) is 4.16. The summed E-state index contributed by atoms with van der Waals surface area (Å²) < 4.78 is 5.38. The molecule has 0 amide bonds. The fourth-order valence-corrected chi connectivity index (χ4v) is 3.17. The van der Waals surface area contributed by atoms with Crippen LogP contribution in [0, 0.1) is 5.92 Å². The smallest absolute Gasteiger partial charge is 0.259 e. The SMILES string of the molecule is CCCC1CCC(c2noc(-c3ccc(N)nc3)n2)CC1. The molecule has 1 saturated carbocycles. The standard InChI is InChI=1S/C16H22N4O/c1-2-3-11-4-6-12(7-5-11)15-19-16(21-20-15)13-8-9-14(17)18-10-13/h8-12H,2-7H2,1H3,(H2,17,18). The Morgan fingerprint density at radius 3 is 2.71 bits per heavy atom. The molecule has 3 rings (SSSR count). The van der Waals surface area contributed by atoms with Crippen molar-refractivity contribution in [1.29, 1.82) is 0 Å². The molecule has 0 radical (unpaired) electrons. The molecule has 0 aromatic carbocycles. The van der Waals surface area contributed by atoms with Crippen LogP contribution >= 0.6 is 0 Å². The van der Waals surface area contributed by atoms with Crippen LogP contribution in [0.1, 0.15) is 57.2 Å². The summed E-state index contributed by atoms with van der Waals surface area (Å²) in [4.78, 5) is 8.60. The lowest BCUT2D eigenvalue weighted by molar-refractivity contribution is 0.296. The molecule has 2 aromatic rings. The number of nitrogen functional groups attached to an aromatic ring is 1. The number of hydrogen-bond donors (Lipinski definition) is 1. The van der Waals surface area contributed by atoms with Crippen LogP contribution in [-0.4, -0.2) is 15.1 Å². The number of aromatic nitrogens is 3. The molecule has 0 saturated heterocycles. The molecule has 0 unspecified atom stereocenters. The summed E-state index contributed by atoms with van der Waals surface area (Å²) in [5.74, 6) is 3.20. The van der Waals surface area contributed by atoms with E-state index in [2.05, 4.69) is 22.0 Å². The average Bonchev–Trinajstić information content (AvgIpc) is 2.99. The van der Waals surface area contributed by atoms with Crippen LogP contribution in [-0.2, 0) is 0 Å². The quantitative estimate of drug-likeness (QED) is 0.925. The van der Waals surface area contributed by atoms with Crippen molar-refractivity contribution in [1.82, 2.24) is 15.1 Å². The molecule has 2 N–H and O–H groups in total. The minimum atomic E-state index is 0.442. The molecule has 1 aliphatic rings. The molecular weight excluding hydrogens is 264 g/mol. The van der Waals surface area contributed by atoms with Gasteiger partial charge in [0, 0.05) is 12.1 Å². The van der Waals surface area contributed by atoms with Gasteiger partial charge < -0.3 is 10.3 Å². The predicted octanol–water partition coefficient (Wildman–Crippen LogP) is 3.79. The lowest BCUT2D eigenvalue weighted by atomic mass is 9.80. The third-order valence-corrected chi connectivity index (χ3v) is 4.38. The molecule has 21 heavy (non-hydrogen) atoms. The molecule has 1 aliphatic carbocycles. The van der Waals surface area contributed by atoms with Crippen molar-refractivity contribution in [2.75, 3.05) is 5.73 Å². The van der Waals surface area contributed by atoms with Gasteiger partial charge in [0.15, 0.2) is 5.82 Å². The summed E-state index contributed by atoms with van der Waals surface area (Å²) in [6.45, 7) is 2.26. The first-order chi connectivity index (χ1) is 10.3. The summed E-state index contributed by atoms with van der Waals surface area (Å²) in [7, 11) is 0. The predicted molar refractivity (Wildman–Crippen MR) is 81.5 cm³/mol. The Hall–Kier alpha value is -1.91. The molecule has 1 fully saturated rings. The maximum Gasteiger partial charge on any atom is 0.259 e. The van der Waals surface area contributed by atoms with Crippen molar-refractivity contribution in [3.8, 4) is 11.5 Å². The first-order valence-corrected chi connectivity index (χ1v) is 7.81.